The highest BCUT2D eigenvalue weighted by atomic mass is 16.6. The lowest BCUT2D eigenvalue weighted by molar-refractivity contribution is -0.0253. The Morgan fingerprint density at radius 1 is 0.575 bits per heavy atom. The van der Waals surface area contributed by atoms with Gasteiger partial charge in [-0.15, -0.1) is 0 Å². The van der Waals surface area contributed by atoms with Crippen molar-refractivity contribution in [2.45, 2.75) is 38.4 Å². The number of aliphatic hydroxyl groups is 2. The van der Waals surface area contributed by atoms with E-state index in [1.807, 2.05) is 78.9 Å². The van der Waals surface area contributed by atoms with Gasteiger partial charge in [0, 0.05) is 0 Å². The van der Waals surface area contributed by atoms with Crippen LogP contribution in [0.3, 0.4) is 0 Å². The van der Waals surface area contributed by atoms with Crippen molar-refractivity contribution in [3.63, 3.8) is 0 Å². The van der Waals surface area contributed by atoms with Crippen molar-refractivity contribution in [1.29, 1.82) is 0 Å². The third kappa shape index (κ3) is 11.1. The highest BCUT2D eigenvalue weighted by molar-refractivity contribution is 5.45. The van der Waals surface area contributed by atoms with E-state index in [0.717, 1.165) is 17.1 Å². The highest BCUT2D eigenvalue weighted by Crippen LogP contribution is 2.34. The van der Waals surface area contributed by atoms with Gasteiger partial charge < -0.3 is 38.6 Å². The first-order valence-electron chi connectivity index (χ1n) is 13.6. The van der Waals surface area contributed by atoms with Crippen molar-refractivity contribution in [3.05, 3.63) is 84.4 Å². The molecule has 0 spiro atoms. The Bertz CT molecular complexity index is 1090. The van der Waals surface area contributed by atoms with E-state index in [-0.39, 0.29) is 58.3 Å². The topological polar surface area (TPSA) is 95.8 Å². The molecule has 0 saturated carbocycles. The van der Waals surface area contributed by atoms with Gasteiger partial charge in [-0.1, -0.05) is 63.2 Å². The summed E-state index contributed by atoms with van der Waals surface area (Å²) in [5.41, 5.74) is 0.986. The van der Waals surface area contributed by atoms with E-state index in [0.29, 0.717) is 11.5 Å². The maximum atomic E-state index is 9.29. The Labute approximate surface area is 237 Å². The van der Waals surface area contributed by atoms with Crippen LogP contribution in [0.2, 0.25) is 0 Å². The van der Waals surface area contributed by atoms with Gasteiger partial charge in [-0.3, -0.25) is 0 Å². The third-order valence-corrected chi connectivity index (χ3v) is 5.91. The molecule has 2 N–H and O–H groups in total. The first kappa shape index (κ1) is 31.2. The van der Waals surface area contributed by atoms with Crippen molar-refractivity contribution >= 4 is 0 Å². The van der Waals surface area contributed by atoms with E-state index in [1.165, 1.54) is 0 Å². The van der Waals surface area contributed by atoms with Gasteiger partial charge in [0.15, 0.2) is 11.5 Å². The summed E-state index contributed by atoms with van der Waals surface area (Å²) in [5.74, 6) is 2.57. The quantitative estimate of drug-likeness (QED) is 0.235. The van der Waals surface area contributed by atoms with Gasteiger partial charge in [0.1, 0.15) is 50.1 Å². The van der Waals surface area contributed by atoms with E-state index in [1.54, 1.807) is 0 Å². The number of hydrogen-bond acceptors (Lipinski definition) is 8. The van der Waals surface area contributed by atoms with Gasteiger partial charge in [0.05, 0.1) is 26.4 Å². The molecule has 0 bridgehead atoms. The number of ether oxygens (including phenoxy) is 6. The molecular formula is C32H42O8. The van der Waals surface area contributed by atoms with Crippen LogP contribution in [0.15, 0.2) is 78.9 Å². The summed E-state index contributed by atoms with van der Waals surface area (Å²) in [6.45, 7) is 7.44. The Kier molecular flexibility index (Phi) is 13.1. The normalized spacial score (nSPS) is 12.9. The molecule has 3 aromatic rings. The van der Waals surface area contributed by atoms with Crippen LogP contribution < -0.4 is 18.9 Å². The summed E-state index contributed by atoms with van der Waals surface area (Å²) in [6, 6.07) is 24.8. The van der Waals surface area contributed by atoms with Crippen molar-refractivity contribution in [2.75, 3.05) is 52.9 Å². The summed E-state index contributed by atoms with van der Waals surface area (Å²) in [4.78, 5) is 0. The monoisotopic (exact) mass is 554 g/mol. The number of rotatable bonds is 18. The SMILES string of the molecule is CC(C)(C)c1ccc(OCC(COc2ccccc2)OCCO)c(OCC(COc2ccccc2)OCCO)c1. The highest BCUT2D eigenvalue weighted by Gasteiger charge is 2.20. The molecule has 3 aromatic carbocycles. The van der Waals surface area contributed by atoms with Gasteiger partial charge >= 0.3 is 0 Å². The lowest BCUT2D eigenvalue weighted by Gasteiger charge is -2.24. The zero-order valence-corrected chi connectivity index (χ0v) is 23.7. The van der Waals surface area contributed by atoms with Crippen LogP contribution in [0.4, 0.5) is 0 Å². The second-order valence-electron chi connectivity index (χ2n) is 10.2. The zero-order chi connectivity index (χ0) is 28.6. The Morgan fingerprint density at radius 2 is 1.02 bits per heavy atom. The second kappa shape index (κ2) is 16.7. The number of hydrogen-bond donors (Lipinski definition) is 2. The molecule has 0 fully saturated rings. The first-order chi connectivity index (χ1) is 19.4. The van der Waals surface area contributed by atoms with E-state index >= 15 is 0 Å². The average molecular weight is 555 g/mol. The fourth-order valence-electron chi connectivity index (χ4n) is 3.71. The summed E-state index contributed by atoms with van der Waals surface area (Å²) in [7, 11) is 0. The maximum absolute atomic E-state index is 9.29. The molecule has 0 aliphatic carbocycles. The number of benzene rings is 3. The molecule has 3 rings (SSSR count). The molecule has 0 radical (unpaired) electrons. The van der Waals surface area contributed by atoms with Crippen LogP contribution in [0.1, 0.15) is 26.3 Å². The van der Waals surface area contributed by atoms with Gasteiger partial charge in [-0.25, -0.2) is 0 Å². The molecule has 8 nitrogen and oxygen atoms in total. The minimum absolute atomic E-state index is 0.100. The van der Waals surface area contributed by atoms with E-state index in [9.17, 15) is 10.2 Å². The third-order valence-electron chi connectivity index (χ3n) is 5.91. The molecule has 2 unspecified atom stereocenters. The van der Waals surface area contributed by atoms with E-state index in [2.05, 4.69) is 20.8 Å². The summed E-state index contributed by atoms with van der Waals surface area (Å²) >= 11 is 0. The van der Waals surface area contributed by atoms with Crippen molar-refractivity contribution in [2.24, 2.45) is 0 Å². The minimum atomic E-state index is -0.418. The van der Waals surface area contributed by atoms with Crippen LogP contribution in [0.25, 0.3) is 0 Å². The Hall–Kier alpha value is -3.30. The molecule has 0 aliphatic heterocycles. The van der Waals surface area contributed by atoms with E-state index in [4.69, 9.17) is 28.4 Å². The van der Waals surface area contributed by atoms with Crippen molar-refractivity contribution < 1.29 is 38.6 Å². The van der Waals surface area contributed by atoms with Crippen LogP contribution in [0.5, 0.6) is 23.0 Å². The van der Waals surface area contributed by atoms with Crippen molar-refractivity contribution in [1.82, 2.24) is 0 Å². The summed E-state index contributed by atoms with van der Waals surface area (Å²) in [5, 5.41) is 18.6. The fraction of sp³-hybridized carbons (Fsp3) is 0.438. The van der Waals surface area contributed by atoms with Crippen LogP contribution in [-0.2, 0) is 14.9 Å². The average Bonchev–Trinajstić information content (AvgIpc) is 2.97. The number of para-hydroxylation sites is 2. The van der Waals surface area contributed by atoms with Crippen molar-refractivity contribution in [3.8, 4) is 23.0 Å². The van der Waals surface area contributed by atoms with Gasteiger partial charge in [0.2, 0.25) is 0 Å². The lowest BCUT2D eigenvalue weighted by Crippen LogP contribution is -2.31. The molecule has 2 atom stereocenters. The Morgan fingerprint density at radius 3 is 1.48 bits per heavy atom. The van der Waals surface area contributed by atoms with Gasteiger partial charge in [-0.2, -0.15) is 0 Å². The Balaban J connectivity index is 1.69. The lowest BCUT2D eigenvalue weighted by atomic mass is 9.87. The van der Waals surface area contributed by atoms with Gasteiger partial charge in [0.25, 0.3) is 0 Å². The zero-order valence-electron chi connectivity index (χ0n) is 23.7. The number of aliphatic hydroxyl groups excluding tert-OH is 2. The van der Waals surface area contributed by atoms with E-state index < -0.39 is 12.2 Å². The molecule has 0 aromatic heterocycles. The largest absolute Gasteiger partial charge is 0.491 e. The fourth-order valence-corrected chi connectivity index (χ4v) is 3.71. The summed E-state index contributed by atoms with van der Waals surface area (Å²) < 4.78 is 35.7. The van der Waals surface area contributed by atoms with Crippen LogP contribution in [0, 0.1) is 0 Å². The molecule has 0 amide bonds. The summed E-state index contributed by atoms with van der Waals surface area (Å²) in [6.07, 6.45) is -0.833. The second-order valence-corrected chi connectivity index (χ2v) is 10.2. The van der Waals surface area contributed by atoms with Crippen LogP contribution in [-0.4, -0.2) is 75.3 Å². The molecule has 0 heterocycles. The predicted octanol–water partition coefficient (Wildman–Crippen LogP) is 4.65. The molecular weight excluding hydrogens is 512 g/mol. The maximum Gasteiger partial charge on any atom is 0.161 e. The molecule has 0 saturated heterocycles. The smallest absolute Gasteiger partial charge is 0.161 e. The predicted molar refractivity (Wildman–Crippen MR) is 154 cm³/mol. The molecule has 0 aliphatic rings. The molecule has 8 heteroatoms. The molecule has 218 valence electrons. The molecule has 40 heavy (non-hydrogen) atoms. The van der Waals surface area contributed by atoms with Crippen LogP contribution >= 0.6 is 0 Å². The standard InChI is InChI=1S/C32H42O8/c1-32(2,3)25-14-15-30(39-23-28(35-18-16-33)21-37-26-10-6-4-7-11-26)31(20-25)40-24-29(36-19-17-34)22-38-27-12-8-5-9-13-27/h4-15,20,28-29,33-34H,16-19,21-24H2,1-3H3. The first-order valence-corrected chi connectivity index (χ1v) is 13.6. The van der Waals surface area contributed by atoms with Gasteiger partial charge in [-0.05, 0) is 47.4 Å². The minimum Gasteiger partial charge on any atom is -0.491 e.